The molecular formula is C13H17N5OS. The Kier molecular flexibility index (Phi) is 4.05. The van der Waals surface area contributed by atoms with Gasteiger partial charge < -0.3 is 4.90 Å². The molecule has 6 nitrogen and oxygen atoms in total. The highest BCUT2D eigenvalue weighted by molar-refractivity contribution is 7.09. The SMILES string of the molecule is O=C(Cc1cncs1)N1CCC(Cn2cncn2)CC1. The van der Waals surface area contributed by atoms with Crippen LogP contribution in [0.5, 0.6) is 0 Å². The molecule has 2 aromatic rings. The monoisotopic (exact) mass is 291 g/mol. The second-order valence-corrected chi connectivity index (χ2v) is 6.06. The first kappa shape index (κ1) is 13.2. The molecule has 7 heteroatoms. The van der Waals surface area contributed by atoms with Gasteiger partial charge in [-0.1, -0.05) is 0 Å². The lowest BCUT2D eigenvalue weighted by atomic mass is 9.96. The highest BCUT2D eigenvalue weighted by Gasteiger charge is 2.23. The zero-order chi connectivity index (χ0) is 13.8. The molecule has 20 heavy (non-hydrogen) atoms. The molecule has 106 valence electrons. The van der Waals surface area contributed by atoms with E-state index in [1.54, 1.807) is 35.7 Å². The second kappa shape index (κ2) is 6.13. The zero-order valence-electron chi connectivity index (χ0n) is 11.2. The molecule has 3 rings (SSSR count). The first-order valence-electron chi connectivity index (χ1n) is 6.79. The van der Waals surface area contributed by atoms with Gasteiger partial charge >= 0.3 is 0 Å². The van der Waals surface area contributed by atoms with Gasteiger partial charge in [0.15, 0.2) is 0 Å². The van der Waals surface area contributed by atoms with E-state index in [1.165, 1.54) is 0 Å². The Balaban J connectivity index is 1.47. The average molecular weight is 291 g/mol. The first-order valence-corrected chi connectivity index (χ1v) is 7.67. The summed E-state index contributed by atoms with van der Waals surface area (Å²) in [5, 5.41) is 4.13. The summed E-state index contributed by atoms with van der Waals surface area (Å²) in [4.78, 5) is 23.1. The summed E-state index contributed by atoms with van der Waals surface area (Å²) in [6, 6.07) is 0. The van der Waals surface area contributed by atoms with Gasteiger partial charge in [-0.05, 0) is 18.8 Å². The van der Waals surface area contributed by atoms with Gasteiger partial charge in [0.1, 0.15) is 12.7 Å². The third-order valence-electron chi connectivity index (χ3n) is 3.69. The Hall–Kier alpha value is -1.76. The normalized spacial score (nSPS) is 16.5. The summed E-state index contributed by atoms with van der Waals surface area (Å²) in [5.74, 6) is 0.803. The zero-order valence-corrected chi connectivity index (χ0v) is 12.0. The van der Waals surface area contributed by atoms with Gasteiger partial charge in [0.25, 0.3) is 0 Å². The number of hydrogen-bond donors (Lipinski definition) is 0. The molecule has 0 radical (unpaired) electrons. The van der Waals surface area contributed by atoms with E-state index in [-0.39, 0.29) is 5.91 Å². The van der Waals surface area contributed by atoms with Crippen LogP contribution in [0.4, 0.5) is 0 Å². The first-order chi connectivity index (χ1) is 9.81. The lowest BCUT2D eigenvalue weighted by Crippen LogP contribution is -2.40. The van der Waals surface area contributed by atoms with Crippen LogP contribution >= 0.6 is 11.3 Å². The summed E-state index contributed by atoms with van der Waals surface area (Å²) in [5.41, 5.74) is 1.77. The quantitative estimate of drug-likeness (QED) is 0.849. The maximum Gasteiger partial charge on any atom is 0.227 e. The van der Waals surface area contributed by atoms with Crippen molar-refractivity contribution in [3.8, 4) is 0 Å². The molecule has 1 amide bonds. The minimum Gasteiger partial charge on any atom is -0.342 e. The van der Waals surface area contributed by atoms with Gasteiger partial charge in [-0.15, -0.1) is 11.3 Å². The third-order valence-corrected chi connectivity index (χ3v) is 4.47. The molecule has 1 aliphatic heterocycles. The molecule has 0 unspecified atom stereocenters. The Labute approximate surface area is 121 Å². The van der Waals surface area contributed by atoms with Crippen LogP contribution in [-0.2, 0) is 17.8 Å². The topological polar surface area (TPSA) is 63.9 Å². The standard InChI is InChI=1S/C13H17N5OS/c19-13(5-12-6-14-10-20-12)17-3-1-11(2-4-17)7-18-9-15-8-16-18/h6,8-11H,1-5,7H2. The number of likely N-dealkylation sites (tertiary alicyclic amines) is 1. The van der Waals surface area contributed by atoms with Gasteiger partial charge in [-0.3, -0.25) is 14.5 Å². The Bertz CT molecular complexity index is 531. The fourth-order valence-electron chi connectivity index (χ4n) is 2.55. The van der Waals surface area contributed by atoms with Crippen LogP contribution in [0.3, 0.4) is 0 Å². The van der Waals surface area contributed by atoms with Crippen molar-refractivity contribution in [2.75, 3.05) is 13.1 Å². The summed E-state index contributed by atoms with van der Waals surface area (Å²) in [7, 11) is 0. The summed E-state index contributed by atoms with van der Waals surface area (Å²) < 4.78 is 1.87. The van der Waals surface area contributed by atoms with Crippen LogP contribution in [0.2, 0.25) is 0 Å². The van der Waals surface area contributed by atoms with Crippen molar-refractivity contribution in [3.05, 3.63) is 29.2 Å². The molecule has 0 atom stereocenters. The highest BCUT2D eigenvalue weighted by Crippen LogP contribution is 2.20. The fraction of sp³-hybridized carbons (Fsp3) is 0.538. The van der Waals surface area contributed by atoms with E-state index in [2.05, 4.69) is 15.1 Å². The molecule has 1 saturated heterocycles. The van der Waals surface area contributed by atoms with E-state index in [1.807, 2.05) is 9.58 Å². The van der Waals surface area contributed by atoms with Crippen LogP contribution in [0.15, 0.2) is 24.4 Å². The molecule has 1 fully saturated rings. The highest BCUT2D eigenvalue weighted by atomic mass is 32.1. The fourth-order valence-corrected chi connectivity index (χ4v) is 3.13. The summed E-state index contributed by atoms with van der Waals surface area (Å²) >= 11 is 1.54. The second-order valence-electron chi connectivity index (χ2n) is 5.09. The molecule has 0 spiro atoms. The molecule has 2 aromatic heterocycles. The molecule has 0 aromatic carbocycles. The van der Waals surface area contributed by atoms with Crippen molar-refractivity contribution in [1.82, 2.24) is 24.6 Å². The van der Waals surface area contributed by atoms with Crippen molar-refractivity contribution in [1.29, 1.82) is 0 Å². The smallest absolute Gasteiger partial charge is 0.227 e. The predicted molar refractivity (Wildman–Crippen MR) is 75.1 cm³/mol. The molecule has 3 heterocycles. The van der Waals surface area contributed by atoms with Crippen molar-refractivity contribution in [2.24, 2.45) is 5.92 Å². The molecule has 0 bridgehead atoms. The maximum absolute atomic E-state index is 12.2. The minimum atomic E-state index is 0.216. The number of amides is 1. The van der Waals surface area contributed by atoms with E-state index in [0.29, 0.717) is 12.3 Å². The van der Waals surface area contributed by atoms with Gasteiger partial charge in [-0.2, -0.15) is 5.10 Å². The lowest BCUT2D eigenvalue weighted by molar-refractivity contribution is -0.131. The van der Waals surface area contributed by atoms with Crippen molar-refractivity contribution in [3.63, 3.8) is 0 Å². The van der Waals surface area contributed by atoms with Crippen LogP contribution in [0.25, 0.3) is 0 Å². The lowest BCUT2D eigenvalue weighted by Gasteiger charge is -2.31. The largest absolute Gasteiger partial charge is 0.342 e. The van der Waals surface area contributed by atoms with Crippen LogP contribution in [-0.4, -0.2) is 43.6 Å². The number of nitrogens with zero attached hydrogens (tertiary/aromatic N) is 5. The van der Waals surface area contributed by atoms with E-state index in [4.69, 9.17) is 0 Å². The van der Waals surface area contributed by atoms with E-state index >= 15 is 0 Å². The molecule has 0 N–H and O–H groups in total. The number of carbonyl (C=O) groups excluding carboxylic acids is 1. The van der Waals surface area contributed by atoms with Crippen molar-refractivity contribution in [2.45, 2.75) is 25.8 Å². The summed E-state index contributed by atoms with van der Waals surface area (Å²) in [6.07, 6.45) is 7.65. The van der Waals surface area contributed by atoms with Gasteiger partial charge in [0.2, 0.25) is 5.91 Å². The van der Waals surface area contributed by atoms with E-state index in [0.717, 1.165) is 37.4 Å². The van der Waals surface area contributed by atoms with Crippen LogP contribution < -0.4 is 0 Å². The number of carbonyl (C=O) groups is 1. The third kappa shape index (κ3) is 3.22. The van der Waals surface area contributed by atoms with E-state index < -0.39 is 0 Å². The van der Waals surface area contributed by atoms with Gasteiger partial charge in [0.05, 0.1) is 11.9 Å². The summed E-state index contributed by atoms with van der Waals surface area (Å²) in [6.45, 7) is 2.59. The average Bonchev–Trinajstić information content (AvgIpc) is 3.13. The van der Waals surface area contributed by atoms with Crippen molar-refractivity contribution < 1.29 is 4.79 Å². The minimum absolute atomic E-state index is 0.216. The molecule has 1 aliphatic rings. The van der Waals surface area contributed by atoms with Crippen LogP contribution in [0.1, 0.15) is 17.7 Å². The predicted octanol–water partition coefficient (Wildman–Crippen LogP) is 1.22. The Morgan fingerprint density at radius 2 is 2.20 bits per heavy atom. The number of piperidine rings is 1. The van der Waals surface area contributed by atoms with E-state index in [9.17, 15) is 4.79 Å². The Morgan fingerprint density at radius 1 is 1.35 bits per heavy atom. The number of thiazole rings is 1. The van der Waals surface area contributed by atoms with Crippen molar-refractivity contribution >= 4 is 17.2 Å². The number of hydrogen-bond acceptors (Lipinski definition) is 5. The van der Waals surface area contributed by atoms with Gasteiger partial charge in [-0.25, -0.2) is 4.98 Å². The van der Waals surface area contributed by atoms with Crippen LogP contribution in [0, 0.1) is 5.92 Å². The Morgan fingerprint density at radius 3 is 2.85 bits per heavy atom. The number of rotatable bonds is 4. The molecule has 0 aliphatic carbocycles. The molecular weight excluding hydrogens is 274 g/mol. The number of aromatic nitrogens is 4. The molecule has 0 saturated carbocycles. The maximum atomic E-state index is 12.2. The van der Waals surface area contributed by atoms with Gasteiger partial charge in [0, 0.05) is 30.7 Å².